The Morgan fingerprint density at radius 3 is 2.80 bits per heavy atom. The topological polar surface area (TPSA) is 20.3 Å². The highest BCUT2D eigenvalue weighted by atomic mass is 35.5. The molecule has 0 saturated heterocycles. The Labute approximate surface area is 159 Å². The van der Waals surface area contributed by atoms with Gasteiger partial charge in [-0.15, -0.1) is 11.3 Å². The molecular weight excluding hydrogens is 350 g/mol. The van der Waals surface area contributed by atoms with Gasteiger partial charge in [0.25, 0.3) is 0 Å². The summed E-state index contributed by atoms with van der Waals surface area (Å²) in [5.41, 5.74) is 2.34. The molecule has 1 atom stereocenters. The largest absolute Gasteiger partial charge is 0.299 e. The summed E-state index contributed by atoms with van der Waals surface area (Å²) in [6.07, 6.45) is 2.91. The minimum absolute atomic E-state index is 0.250. The first kappa shape index (κ1) is 18.6. The van der Waals surface area contributed by atoms with Crippen molar-refractivity contribution in [3.05, 3.63) is 56.7 Å². The standard InChI is InChI=1S/C21H26ClNOS/c1-15(24)21(2,3)11-8-19(17-6-4-5-7-18(17)22)23-12-9-20-16(14-23)10-13-25-20/h4-7,10,13,19H,8-9,11-12,14H2,1-3H3. The summed E-state index contributed by atoms with van der Waals surface area (Å²) < 4.78 is 0. The molecule has 1 aliphatic heterocycles. The summed E-state index contributed by atoms with van der Waals surface area (Å²) in [7, 11) is 0. The maximum atomic E-state index is 11.9. The van der Waals surface area contributed by atoms with Crippen LogP contribution < -0.4 is 0 Å². The smallest absolute Gasteiger partial charge is 0.135 e. The normalized spacial score (nSPS) is 16.5. The predicted octanol–water partition coefficient (Wildman–Crippen LogP) is 5.90. The maximum Gasteiger partial charge on any atom is 0.135 e. The molecule has 134 valence electrons. The Kier molecular flexibility index (Phi) is 5.67. The summed E-state index contributed by atoms with van der Waals surface area (Å²) in [4.78, 5) is 16.0. The number of ketones is 1. The average Bonchev–Trinajstić information content (AvgIpc) is 3.04. The summed E-state index contributed by atoms with van der Waals surface area (Å²) >= 11 is 8.40. The molecule has 1 aromatic heterocycles. The third-order valence-corrected chi connectivity index (χ3v) is 6.91. The van der Waals surface area contributed by atoms with E-state index < -0.39 is 0 Å². The fourth-order valence-corrected chi connectivity index (χ4v) is 4.64. The lowest BCUT2D eigenvalue weighted by Crippen LogP contribution is -2.35. The van der Waals surface area contributed by atoms with Crippen molar-refractivity contribution in [2.45, 2.75) is 52.6 Å². The molecule has 0 aliphatic carbocycles. The fraction of sp³-hybridized carbons (Fsp3) is 0.476. The zero-order chi connectivity index (χ0) is 18.0. The van der Waals surface area contributed by atoms with Crippen molar-refractivity contribution < 1.29 is 4.79 Å². The van der Waals surface area contributed by atoms with Crippen molar-refractivity contribution in [1.82, 2.24) is 4.90 Å². The first-order valence-corrected chi connectivity index (χ1v) is 10.2. The van der Waals surface area contributed by atoms with E-state index in [1.165, 1.54) is 16.0 Å². The van der Waals surface area contributed by atoms with Crippen LogP contribution in [-0.4, -0.2) is 17.2 Å². The van der Waals surface area contributed by atoms with Gasteiger partial charge in [-0.25, -0.2) is 0 Å². The van der Waals surface area contributed by atoms with Crippen molar-refractivity contribution in [3.63, 3.8) is 0 Å². The zero-order valence-electron chi connectivity index (χ0n) is 15.2. The molecule has 2 aromatic rings. The van der Waals surface area contributed by atoms with Gasteiger partial charge in [-0.05, 0) is 54.8 Å². The molecule has 3 rings (SSSR count). The van der Waals surface area contributed by atoms with E-state index in [9.17, 15) is 4.79 Å². The summed E-state index contributed by atoms with van der Waals surface area (Å²) in [6, 6.07) is 10.6. The van der Waals surface area contributed by atoms with Crippen LogP contribution in [0.1, 0.15) is 55.7 Å². The van der Waals surface area contributed by atoms with Crippen LogP contribution in [-0.2, 0) is 17.8 Å². The Balaban J connectivity index is 1.85. The lowest BCUT2D eigenvalue weighted by molar-refractivity contribution is -0.125. The summed E-state index contributed by atoms with van der Waals surface area (Å²) in [5.74, 6) is 0.254. The van der Waals surface area contributed by atoms with Gasteiger partial charge in [0.05, 0.1) is 0 Å². The zero-order valence-corrected chi connectivity index (χ0v) is 16.8. The SMILES string of the molecule is CC(=O)C(C)(C)CCC(c1ccccc1Cl)N1CCc2sccc2C1. The van der Waals surface area contributed by atoms with E-state index in [2.05, 4.69) is 28.5 Å². The second-order valence-electron chi connectivity index (χ2n) is 7.61. The van der Waals surface area contributed by atoms with E-state index >= 15 is 0 Å². The van der Waals surface area contributed by atoms with Crippen molar-refractivity contribution in [1.29, 1.82) is 0 Å². The third-order valence-electron chi connectivity index (χ3n) is 5.54. The second kappa shape index (κ2) is 7.61. The lowest BCUT2D eigenvalue weighted by Gasteiger charge is -2.37. The molecule has 1 aliphatic rings. The summed E-state index contributed by atoms with van der Waals surface area (Å²) in [5, 5.41) is 3.02. The van der Waals surface area contributed by atoms with Crippen molar-refractivity contribution in [3.8, 4) is 0 Å². The highest BCUT2D eigenvalue weighted by Gasteiger charge is 2.30. The van der Waals surface area contributed by atoms with E-state index in [1.54, 1.807) is 6.92 Å². The number of hydrogen-bond donors (Lipinski definition) is 0. The first-order valence-electron chi connectivity index (χ1n) is 8.93. The van der Waals surface area contributed by atoms with Gasteiger partial charge in [0.2, 0.25) is 0 Å². The van der Waals surface area contributed by atoms with Gasteiger partial charge in [-0.3, -0.25) is 9.69 Å². The van der Waals surface area contributed by atoms with Crippen molar-refractivity contribution >= 4 is 28.7 Å². The molecule has 2 nitrogen and oxygen atoms in total. The maximum absolute atomic E-state index is 11.9. The number of nitrogens with zero attached hydrogens (tertiary/aromatic N) is 1. The number of halogens is 1. The predicted molar refractivity (Wildman–Crippen MR) is 106 cm³/mol. The van der Waals surface area contributed by atoms with E-state index in [4.69, 9.17) is 11.6 Å². The molecule has 0 saturated carbocycles. The third kappa shape index (κ3) is 4.16. The van der Waals surface area contributed by atoms with Gasteiger partial charge in [-0.1, -0.05) is 43.6 Å². The molecule has 1 aromatic carbocycles. The number of carbonyl (C=O) groups excluding carboxylic acids is 1. The number of carbonyl (C=O) groups is 1. The molecule has 0 fully saturated rings. The van der Waals surface area contributed by atoms with Crippen molar-refractivity contribution in [2.24, 2.45) is 5.41 Å². The highest BCUT2D eigenvalue weighted by molar-refractivity contribution is 7.10. The Bertz CT molecular complexity index is 752. The first-order chi connectivity index (χ1) is 11.9. The van der Waals surface area contributed by atoms with Gasteiger partial charge in [-0.2, -0.15) is 0 Å². The second-order valence-corrected chi connectivity index (χ2v) is 9.01. The van der Waals surface area contributed by atoms with E-state index in [-0.39, 0.29) is 17.2 Å². The molecule has 0 N–H and O–H groups in total. The molecule has 25 heavy (non-hydrogen) atoms. The van der Waals surface area contributed by atoms with Crippen LogP contribution >= 0.6 is 22.9 Å². The Morgan fingerprint density at radius 2 is 2.08 bits per heavy atom. The minimum atomic E-state index is -0.289. The van der Waals surface area contributed by atoms with Crippen molar-refractivity contribution in [2.75, 3.05) is 6.54 Å². The van der Waals surface area contributed by atoms with Crippen LogP contribution in [0.5, 0.6) is 0 Å². The van der Waals surface area contributed by atoms with Gasteiger partial charge in [0, 0.05) is 34.4 Å². The average molecular weight is 376 g/mol. The molecule has 0 amide bonds. The highest BCUT2D eigenvalue weighted by Crippen LogP contribution is 2.38. The molecule has 0 radical (unpaired) electrons. The lowest BCUT2D eigenvalue weighted by atomic mass is 9.81. The van der Waals surface area contributed by atoms with Crippen LogP contribution in [0.2, 0.25) is 5.02 Å². The molecule has 1 unspecified atom stereocenters. The number of fused-ring (bicyclic) bond motifs is 1. The Morgan fingerprint density at radius 1 is 1.32 bits per heavy atom. The quantitative estimate of drug-likeness (QED) is 0.626. The molecule has 4 heteroatoms. The fourth-order valence-electron chi connectivity index (χ4n) is 3.49. The minimum Gasteiger partial charge on any atom is -0.299 e. The number of thiophene rings is 1. The summed E-state index contributed by atoms with van der Waals surface area (Å²) in [6.45, 7) is 7.81. The number of rotatable bonds is 6. The van der Waals surface area contributed by atoms with Crippen LogP contribution in [0.4, 0.5) is 0 Å². The van der Waals surface area contributed by atoms with Gasteiger partial charge >= 0.3 is 0 Å². The van der Waals surface area contributed by atoms with Gasteiger partial charge < -0.3 is 0 Å². The van der Waals surface area contributed by atoms with Crippen LogP contribution in [0.3, 0.4) is 0 Å². The van der Waals surface area contributed by atoms with E-state index in [0.29, 0.717) is 0 Å². The molecule has 2 heterocycles. The molecular formula is C21H26ClNOS. The Hall–Kier alpha value is -1.16. The monoisotopic (exact) mass is 375 g/mol. The molecule has 0 spiro atoms. The van der Waals surface area contributed by atoms with Gasteiger partial charge in [0.1, 0.15) is 5.78 Å². The van der Waals surface area contributed by atoms with Crippen LogP contribution in [0.25, 0.3) is 0 Å². The molecule has 0 bridgehead atoms. The van der Waals surface area contributed by atoms with Crippen LogP contribution in [0, 0.1) is 5.41 Å². The van der Waals surface area contributed by atoms with Crippen LogP contribution in [0.15, 0.2) is 35.7 Å². The number of Topliss-reactive ketones (excluding diaryl/α,β-unsaturated/α-hetero) is 1. The van der Waals surface area contributed by atoms with E-state index in [1.807, 2.05) is 37.3 Å². The number of hydrogen-bond acceptors (Lipinski definition) is 3. The van der Waals surface area contributed by atoms with Gasteiger partial charge in [0.15, 0.2) is 0 Å². The van der Waals surface area contributed by atoms with E-state index in [0.717, 1.165) is 37.4 Å². The number of benzene rings is 1.